The number of anilines is 1. The number of rotatable bonds is 4. The number of aromatic nitrogens is 5. The molecule has 2 aromatic heterocycles. The largest absolute Gasteiger partial charge is 0.434 e. The van der Waals surface area contributed by atoms with Gasteiger partial charge in [-0.3, -0.25) is 14.6 Å². The highest BCUT2D eigenvalue weighted by Gasteiger charge is 2.36. The third kappa shape index (κ3) is 3.48. The number of hydrogen-bond donors (Lipinski definition) is 3. The van der Waals surface area contributed by atoms with Crippen LogP contribution in [0.2, 0.25) is 10.0 Å². The summed E-state index contributed by atoms with van der Waals surface area (Å²) in [6.07, 6.45) is 2.86. The van der Waals surface area contributed by atoms with Gasteiger partial charge in [0.2, 0.25) is 11.7 Å². The van der Waals surface area contributed by atoms with Gasteiger partial charge in [-0.05, 0) is 30.4 Å². The highest BCUT2D eigenvalue weighted by molar-refractivity contribution is 6.37. The number of H-pyrrole nitrogens is 2. The van der Waals surface area contributed by atoms with Crippen LogP contribution in [0.4, 0.5) is 5.82 Å². The van der Waals surface area contributed by atoms with Crippen molar-refractivity contribution in [1.82, 2.24) is 25.0 Å². The Morgan fingerprint density at radius 2 is 1.80 bits per heavy atom. The van der Waals surface area contributed by atoms with Gasteiger partial charge in [-0.2, -0.15) is 4.68 Å². The summed E-state index contributed by atoms with van der Waals surface area (Å²) in [4.78, 5) is 37.6. The molecule has 156 valence electrons. The van der Waals surface area contributed by atoms with Crippen LogP contribution >= 0.6 is 23.2 Å². The minimum atomic E-state index is -0.810. The first-order chi connectivity index (χ1) is 14.2. The zero-order valence-electron chi connectivity index (χ0n) is 15.7. The average molecular weight is 451 g/mol. The molecule has 2 heterocycles. The SMILES string of the molecule is CC1(c2cc(Oc3c(Cl)cc(-n4nc(N)c(=O)[nH]c4=O)cc3Cl)n[nH]c2=O)CCC1. The standard InChI is InChI=1S/C18H16Cl2N6O4/c1-18(3-2-4-18)9-7-12(23-24-15(9)27)30-13-10(19)5-8(6-11(13)20)26-17(29)22-16(28)14(21)25-26/h5-7H,2-4H2,1H3,(H2,21,25)(H,24,27)(H,22,28,29). The molecule has 4 rings (SSSR count). The van der Waals surface area contributed by atoms with Gasteiger partial charge in [-0.1, -0.05) is 36.5 Å². The van der Waals surface area contributed by atoms with Crippen LogP contribution in [0.25, 0.3) is 5.69 Å². The van der Waals surface area contributed by atoms with Crippen molar-refractivity contribution < 1.29 is 4.74 Å². The third-order valence-corrected chi connectivity index (χ3v) is 5.74. The van der Waals surface area contributed by atoms with Crippen LogP contribution in [0.15, 0.2) is 32.6 Å². The highest BCUT2D eigenvalue weighted by Crippen LogP contribution is 2.43. The summed E-state index contributed by atoms with van der Waals surface area (Å²) in [5.41, 5.74) is 4.13. The molecule has 4 N–H and O–H groups in total. The van der Waals surface area contributed by atoms with Crippen molar-refractivity contribution >= 4 is 29.0 Å². The lowest BCUT2D eigenvalue weighted by Crippen LogP contribution is -2.36. The van der Waals surface area contributed by atoms with E-state index in [1.54, 1.807) is 6.07 Å². The van der Waals surface area contributed by atoms with E-state index >= 15 is 0 Å². The highest BCUT2D eigenvalue weighted by atomic mass is 35.5. The summed E-state index contributed by atoms with van der Waals surface area (Å²) in [6.45, 7) is 2.01. The third-order valence-electron chi connectivity index (χ3n) is 5.17. The fraction of sp³-hybridized carbons (Fsp3) is 0.278. The molecule has 0 atom stereocenters. The number of nitrogens with zero attached hydrogens (tertiary/aromatic N) is 3. The fourth-order valence-corrected chi connectivity index (χ4v) is 3.88. The van der Waals surface area contributed by atoms with Gasteiger partial charge in [0.15, 0.2) is 5.75 Å². The van der Waals surface area contributed by atoms with E-state index in [-0.39, 0.29) is 38.3 Å². The van der Waals surface area contributed by atoms with Crippen molar-refractivity contribution in [2.45, 2.75) is 31.6 Å². The first kappa shape index (κ1) is 20.2. The number of aromatic amines is 2. The van der Waals surface area contributed by atoms with E-state index in [0.717, 1.165) is 23.9 Å². The van der Waals surface area contributed by atoms with Crippen molar-refractivity contribution in [3.05, 3.63) is 65.0 Å². The second-order valence-electron chi connectivity index (χ2n) is 7.26. The number of benzene rings is 1. The molecule has 1 fully saturated rings. The predicted molar refractivity (Wildman–Crippen MR) is 111 cm³/mol. The Hall–Kier alpha value is -3.11. The number of nitrogens with one attached hydrogen (secondary N) is 2. The molecule has 0 bridgehead atoms. The Bertz CT molecular complexity index is 1300. The molecule has 0 spiro atoms. The molecule has 0 saturated heterocycles. The molecular weight excluding hydrogens is 435 g/mol. The summed E-state index contributed by atoms with van der Waals surface area (Å²) < 4.78 is 6.58. The molecule has 1 saturated carbocycles. The summed E-state index contributed by atoms with van der Waals surface area (Å²) in [7, 11) is 0. The molecule has 1 aliphatic carbocycles. The molecule has 0 radical (unpaired) electrons. The van der Waals surface area contributed by atoms with E-state index < -0.39 is 17.1 Å². The van der Waals surface area contributed by atoms with E-state index in [9.17, 15) is 14.4 Å². The molecule has 0 aliphatic heterocycles. The minimum absolute atomic E-state index is 0.0559. The van der Waals surface area contributed by atoms with E-state index in [2.05, 4.69) is 15.3 Å². The van der Waals surface area contributed by atoms with Crippen LogP contribution in [0.5, 0.6) is 11.6 Å². The van der Waals surface area contributed by atoms with Crippen LogP contribution in [-0.4, -0.2) is 25.0 Å². The smallest absolute Gasteiger partial charge is 0.349 e. The lowest BCUT2D eigenvalue weighted by atomic mass is 9.66. The normalized spacial score (nSPS) is 14.9. The second kappa shape index (κ2) is 7.29. The van der Waals surface area contributed by atoms with Gasteiger partial charge in [-0.25, -0.2) is 9.89 Å². The summed E-state index contributed by atoms with van der Waals surface area (Å²) in [5.74, 6) is -0.189. The van der Waals surface area contributed by atoms with Crippen molar-refractivity contribution in [3.63, 3.8) is 0 Å². The van der Waals surface area contributed by atoms with Crippen LogP contribution in [0, 0.1) is 0 Å². The fourth-order valence-electron chi connectivity index (χ4n) is 3.32. The van der Waals surface area contributed by atoms with Gasteiger partial charge >= 0.3 is 5.69 Å². The molecule has 1 aliphatic rings. The first-order valence-corrected chi connectivity index (χ1v) is 9.70. The second-order valence-corrected chi connectivity index (χ2v) is 8.07. The van der Waals surface area contributed by atoms with E-state index in [1.807, 2.05) is 11.9 Å². The summed E-state index contributed by atoms with van der Waals surface area (Å²) >= 11 is 12.6. The Balaban J connectivity index is 1.71. The summed E-state index contributed by atoms with van der Waals surface area (Å²) in [5, 5.41) is 10.2. The maximum atomic E-state index is 12.2. The Morgan fingerprint density at radius 1 is 1.13 bits per heavy atom. The number of nitrogen functional groups attached to an aromatic ring is 1. The van der Waals surface area contributed by atoms with Gasteiger partial charge in [-0.15, -0.1) is 10.2 Å². The maximum Gasteiger partial charge on any atom is 0.349 e. The number of halogens is 2. The topological polar surface area (TPSA) is 149 Å². The van der Waals surface area contributed by atoms with Gasteiger partial charge in [0.1, 0.15) is 0 Å². The zero-order valence-corrected chi connectivity index (χ0v) is 17.2. The van der Waals surface area contributed by atoms with Crippen LogP contribution in [-0.2, 0) is 5.41 Å². The molecule has 0 amide bonds. The number of hydrogen-bond acceptors (Lipinski definition) is 7. The van der Waals surface area contributed by atoms with Crippen LogP contribution < -0.4 is 27.3 Å². The van der Waals surface area contributed by atoms with E-state index in [1.165, 1.54) is 12.1 Å². The van der Waals surface area contributed by atoms with E-state index in [0.29, 0.717) is 5.56 Å². The quantitative estimate of drug-likeness (QED) is 0.550. The van der Waals surface area contributed by atoms with Crippen LogP contribution in [0.1, 0.15) is 31.7 Å². The monoisotopic (exact) mass is 450 g/mol. The molecule has 3 aromatic rings. The van der Waals surface area contributed by atoms with Crippen molar-refractivity contribution in [2.75, 3.05) is 5.73 Å². The Morgan fingerprint density at radius 3 is 2.40 bits per heavy atom. The maximum absolute atomic E-state index is 12.2. The van der Waals surface area contributed by atoms with E-state index in [4.69, 9.17) is 33.7 Å². The zero-order chi connectivity index (χ0) is 21.6. The molecule has 12 heteroatoms. The van der Waals surface area contributed by atoms with Gasteiger partial charge in [0.05, 0.1) is 15.7 Å². The summed E-state index contributed by atoms with van der Waals surface area (Å²) in [6, 6.07) is 4.32. The molecule has 10 nitrogen and oxygen atoms in total. The first-order valence-electron chi connectivity index (χ1n) is 8.94. The molecule has 1 aromatic carbocycles. The van der Waals surface area contributed by atoms with Crippen LogP contribution in [0.3, 0.4) is 0 Å². The van der Waals surface area contributed by atoms with Crippen molar-refractivity contribution in [3.8, 4) is 17.3 Å². The minimum Gasteiger partial charge on any atom is -0.434 e. The lowest BCUT2D eigenvalue weighted by Gasteiger charge is -2.37. The lowest BCUT2D eigenvalue weighted by molar-refractivity contribution is 0.267. The van der Waals surface area contributed by atoms with Crippen molar-refractivity contribution in [1.29, 1.82) is 0 Å². The predicted octanol–water partition coefficient (Wildman–Crippen LogP) is 2.13. The van der Waals surface area contributed by atoms with Gasteiger partial charge in [0.25, 0.3) is 11.1 Å². The molecule has 0 unspecified atom stereocenters. The Kier molecular flexibility index (Phi) is 4.91. The van der Waals surface area contributed by atoms with Gasteiger partial charge in [0, 0.05) is 11.6 Å². The average Bonchev–Trinajstić information content (AvgIpc) is 2.66. The Labute approximate surface area is 178 Å². The molecular formula is C18H16Cl2N6O4. The number of ether oxygens (including phenoxy) is 1. The molecule has 30 heavy (non-hydrogen) atoms. The number of nitrogens with two attached hydrogens (primary N) is 1. The van der Waals surface area contributed by atoms with Crippen molar-refractivity contribution in [2.24, 2.45) is 0 Å². The van der Waals surface area contributed by atoms with Gasteiger partial charge < -0.3 is 10.5 Å².